The molecule has 10 heteroatoms. The maximum absolute atomic E-state index is 12.2. The number of carbonyl (C=O) groups excluding carboxylic acids is 2. The molecule has 2 saturated heterocycles. The first-order chi connectivity index (χ1) is 13.4. The van der Waals surface area contributed by atoms with Crippen LogP contribution in [-0.2, 0) is 24.3 Å². The second-order valence-electron chi connectivity index (χ2n) is 6.90. The van der Waals surface area contributed by atoms with Gasteiger partial charge in [0.15, 0.2) is 0 Å². The summed E-state index contributed by atoms with van der Waals surface area (Å²) < 4.78 is 30.8. The minimum atomic E-state index is -3.31. The normalized spacial score (nSPS) is 19.4. The minimum Gasteiger partial charge on any atom is -0.379 e. The van der Waals surface area contributed by atoms with Crippen LogP contribution in [0.4, 0.5) is 11.4 Å². The Balaban J connectivity index is 1.57. The number of anilines is 2. The lowest BCUT2D eigenvalue weighted by Crippen LogP contribution is -2.43. The fourth-order valence-electron chi connectivity index (χ4n) is 3.24. The Kier molecular flexibility index (Phi) is 6.53. The van der Waals surface area contributed by atoms with E-state index in [1.165, 1.54) is 4.31 Å². The van der Waals surface area contributed by atoms with Crippen LogP contribution in [0.1, 0.15) is 12.0 Å². The van der Waals surface area contributed by atoms with Gasteiger partial charge in [-0.1, -0.05) is 6.07 Å². The number of nitrogens with one attached hydrogen (secondary N) is 2. The zero-order chi connectivity index (χ0) is 20.1. The molecule has 1 aromatic rings. The third kappa shape index (κ3) is 5.00. The standard InChI is InChI=1S/C18H26N4O5S/c1-14-3-4-15(22-6-2-12-28(22,25)26)13-16(14)20-18(24)17(23)19-5-7-21-8-10-27-11-9-21/h3-4,13H,2,5-12H2,1H3,(H,19,23)(H,20,24). The molecule has 2 fully saturated rings. The first-order valence-electron chi connectivity index (χ1n) is 9.37. The molecule has 3 rings (SSSR count). The predicted octanol–water partition coefficient (Wildman–Crippen LogP) is -0.0782. The van der Waals surface area contributed by atoms with Gasteiger partial charge in [0.05, 0.1) is 24.7 Å². The first-order valence-corrected chi connectivity index (χ1v) is 11.0. The van der Waals surface area contributed by atoms with Gasteiger partial charge in [0.1, 0.15) is 0 Å². The summed E-state index contributed by atoms with van der Waals surface area (Å²) in [6.45, 7) is 6.21. The van der Waals surface area contributed by atoms with Crippen molar-refractivity contribution in [3.63, 3.8) is 0 Å². The predicted molar refractivity (Wildman–Crippen MR) is 106 cm³/mol. The first kappa shape index (κ1) is 20.6. The molecule has 2 N–H and O–H groups in total. The number of ether oxygens (including phenoxy) is 1. The van der Waals surface area contributed by atoms with Crippen LogP contribution in [0.15, 0.2) is 18.2 Å². The number of carbonyl (C=O) groups is 2. The lowest BCUT2D eigenvalue weighted by Gasteiger charge is -2.26. The van der Waals surface area contributed by atoms with E-state index < -0.39 is 21.8 Å². The van der Waals surface area contributed by atoms with E-state index >= 15 is 0 Å². The topological polar surface area (TPSA) is 108 Å². The molecular weight excluding hydrogens is 384 g/mol. The highest BCUT2D eigenvalue weighted by Gasteiger charge is 2.29. The molecule has 0 aromatic heterocycles. The Hall–Kier alpha value is -2.17. The van der Waals surface area contributed by atoms with E-state index in [1.807, 2.05) is 0 Å². The van der Waals surface area contributed by atoms with Gasteiger partial charge in [-0.3, -0.25) is 18.8 Å². The van der Waals surface area contributed by atoms with Crippen molar-refractivity contribution in [2.24, 2.45) is 0 Å². The van der Waals surface area contributed by atoms with E-state index in [0.29, 0.717) is 50.6 Å². The van der Waals surface area contributed by atoms with Gasteiger partial charge in [0.25, 0.3) is 0 Å². The van der Waals surface area contributed by atoms with Crippen LogP contribution in [-0.4, -0.2) is 76.8 Å². The van der Waals surface area contributed by atoms with Crippen LogP contribution in [0.25, 0.3) is 0 Å². The Morgan fingerprint density at radius 3 is 2.57 bits per heavy atom. The molecule has 0 radical (unpaired) electrons. The second kappa shape index (κ2) is 8.89. The smallest absolute Gasteiger partial charge is 0.313 e. The Bertz CT molecular complexity index is 836. The average molecular weight is 410 g/mol. The highest BCUT2D eigenvalue weighted by molar-refractivity contribution is 7.93. The number of hydrogen-bond acceptors (Lipinski definition) is 6. The average Bonchev–Trinajstić information content (AvgIpc) is 3.03. The lowest BCUT2D eigenvalue weighted by atomic mass is 10.1. The van der Waals surface area contributed by atoms with E-state index in [9.17, 15) is 18.0 Å². The summed E-state index contributed by atoms with van der Waals surface area (Å²) in [5.41, 5.74) is 1.66. The molecule has 2 amide bonds. The van der Waals surface area contributed by atoms with Crippen LogP contribution < -0.4 is 14.9 Å². The van der Waals surface area contributed by atoms with Gasteiger partial charge in [-0.15, -0.1) is 0 Å². The van der Waals surface area contributed by atoms with Crippen molar-refractivity contribution in [1.82, 2.24) is 10.2 Å². The second-order valence-corrected chi connectivity index (χ2v) is 8.92. The molecule has 2 heterocycles. The highest BCUT2D eigenvalue weighted by atomic mass is 32.2. The zero-order valence-corrected chi connectivity index (χ0v) is 16.8. The van der Waals surface area contributed by atoms with Crippen molar-refractivity contribution in [3.05, 3.63) is 23.8 Å². The third-order valence-corrected chi connectivity index (χ3v) is 6.75. The van der Waals surface area contributed by atoms with Crippen LogP contribution in [0.5, 0.6) is 0 Å². The number of hydrogen-bond donors (Lipinski definition) is 2. The maximum atomic E-state index is 12.2. The zero-order valence-electron chi connectivity index (χ0n) is 15.9. The van der Waals surface area contributed by atoms with Gasteiger partial charge in [-0.25, -0.2) is 8.42 Å². The van der Waals surface area contributed by atoms with E-state index in [2.05, 4.69) is 15.5 Å². The van der Waals surface area contributed by atoms with Gasteiger partial charge in [0, 0.05) is 38.4 Å². The van der Waals surface area contributed by atoms with E-state index in [-0.39, 0.29) is 5.75 Å². The summed E-state index contributed by atoms with van der Waals surface area (Å²) in [5.74, 6) is -1.37. The third-order valence-electron chi connectivity index (χ3n) is 4.88. The van der Waals surface area contributed by atoms with Gasteiger partial charge < -0.3 is 15.4 Å². The molecule has 2 aliphatic heterocycles. The van der Waals surface area contributed by atoms with Crippen LogP contribution in [0.3, 0.4) is 0 Å². The van der Waals surface area contributed by atoms with Crippen LogP contribution in [0.2, 0.25) is 0 Å². The number of benzene rings is 1. The van der Waals surface area contributed by atoms with Gasteiger partial charge in [0.2, 0.25) is 10.0 Å². The van der Waals surface area contributed by atoms with Crippen molar-refractivity contribution in [2.45, 2.75) is 13.3 Å². The number of nitrogens with zero attached hydrogens (tertiary/aromatic N) is 2. The Morgan fingerprint density at radius 1 is 1.14 bits per heavy atom. The van der Waals surface area contributed by atoms with Crippen LogP contribution in [0, 0.1) is 6.92 Å². The van der Waals surface area contributed by atoms with E-state index in [0.717, 1.165) is 18.7 Å². The summed E-state index contributed by atoms with van der Waals surface area (Å²) >= 11 is 0. The summed E-state index contributed by atoms with van der Waals surface area (Å²) in [6.07, 6.45) is 0.573. The molecule has 1 aromatic carbocycles. The summed E-state index contributed by atoms with van der Waals surface area (Å²) in [5, 5.41) is 5.20. The lowest BCUT2D eigenvalue weighted by molar-refractivity contribution is -0.136. The molecule has 9 nitrogen and oxygen atoms in total. The summed E-state index contributed by atoms with van der Waals surface area (Å²) in [6, 6.07) is 5.03. The van der Waals surface area contributed by atoms with Crippen LogP contribution >= 0.6 is 0 Å². The fourth-order valence-corrected chi connectivity index (χ4v) is 4.80. The van der Waals surface area contributed by atoms with Gasteiger partial charge >= 0.3 is 11.8 Å². The molecule has 0 saturated carbocycles. The molecular formula is C18H26N4O5S. The van der Waals surface area contributed by atoms with Gasteiger partial charge in [-0.2, -0.15) is 0 Å². The number of morpholine rings is 1. The molecule has 0 bridgehead atoms. The Labute approximate surface area is 165 Å². The molecule has 0 atom stereocenters. The largest absolute Gasteiger partial charge is 0.379 e. The van der Waals surface area contributed by atoms with Crippen molar-refractivity contribution in [3.8, 4) is 0 Å². The molecule has 28 heavy (non-hydrogen) atoms. The maximum Gasteiger partial charge on any atom is 0.313 e. The number of amides is 2. The quantitative estimate of drug-likeness (QED) is 0.658. The molecule has 0 unspecified atom stereocenters. The van der Waals surface area contributed by atoms with Gasteiger partial charge in [-0.05, 0) is 31.0 Å². The van der Waals surface area contributed by atoms with Crippen molar-refractivity contribution < 1.29 is 22.7 Å². The number of aryl methyl sites for hydroxylation is 1. The SMILES string of the molecule is Cc1ccc(N2CCCS2(=O)=O)cc1NC(=O)C(=O)NCCN1CCOCC1. The Morgan fingerprint density at radius 2 is 1.89 bits per heavy atom. The summed E-state index contributed by atoms with van der Waals surface area (Å²) in [4.78, 5) is 26.4. The van der Waals surface area contributed by atoms with E-state index in [4.69, 9.17) is 4.74 Å². The molecule has 2 aliphatic rings. The number of sulfonamides is 1. The monoisotopic (exact) mass is 410 g/mol. The van der Waals surface area contributed by atoms with Crippen molar-refractivity contribution >= 4 is 33.2 Å². The number of rotatable bonds is 5. The van der Waals surface area contributed by atoms with Crippen molar-refractivity contribution in [1.29, 1.82) is 0 Å². The molecule has 0 aliphatic carbocycles. The highest BCUT2D eigenvalue weighted by Crippen LogP contribution is 2.28. The minimum absolute atomic E-state index is 0.119. The fraction of sp³-hybridized carbons (Fsp3) is 0.556. The summed E-state index contributed by atoms with van der Waals surface area (Å²) in [7, 11) is -3.31. The molecule has 0 spiro atoms. The van der Waals surface area contributed by atoms with E-state index in [1.54, 1.807) is 25.1 Å². The van der Waals surface area contributed by atoms with Crippen molar-refractivity contribution in [2.75, 3.05) is 61.3 Å². The molecule has 154 valence electrons.